The molecule has 5 unspecified atom stereocenters. The van der Waals surface area contributed by atoms with Crippen molar-refractivity contribution >= 4 is 6.09 Å². The summed E-state index contributed by atoms with van der Waals surface area (Å²) in [5.41, 5.74) is 0. The molecule has 0 aromatic carbocycles. The third kappa shape index (κ3) is 1.34. The van der Waals surface area contributed by atoms with E-state index in [2.05, 4.69) is 5.32 Å². The van der Waals surface area contributed by atoms with E-state index in [-0.39, 0.29) is 0 Å². The van der Waals surface area contributed by atoms with Gasteiger partial charge in [-0.3, -0.25) is 0 Å². The first-order chi connectivity index (χ1) is 6.63. The maximum atomic E-state index is 10.8. The number of rotatable bonds is 2. The summed E-state index contributed by atoms with van der Waals surface area (Å²) in [6, 6.07) is -0.673. The Morgan fingerprint density at radius 3 is 2.93 bits per heavy atom. The van der Waals surface area contributed by atoms with Crippen LogP contribution in [-0.2, 0) is 9.47 Å². The van der Waals surface area contributed by atoms with Crippen LogP contribution in [0.15, 0.2) is 0 Å². The molecule has 14 heavy (non-hydrogen) atoms. The molecule has 2 rings (SSSR count). The highest BCUT2D eigenvalue weighted by atomic mass is 16.7. The van der Waals surface area contributed by atoms with Gasteiger partial charge in [0.15, 0.2) is 12.4 Å². The summed E-state index contributed by atoms with van der Waals surface area (Å²) in [5, 5.41) is 29.7. The highest BCUT2D eigenvalue weighted by Crippen LogP contribution is 2.28. The molecule has 2 aliphatic heterocycles. The van der Waals surface area contributed by atoms with Gasteiger partial charge in [0.25, 0.3) is 0 Å². The maximum absolute atomic E-state index is 10.8. The Labute approximate surface area is 79.2 Å². The molecule has 2 heterocycles. The fourth-order valence-corrected chi connectivity index (χ4v) is 1.69. The Morgan fingerprint density at radius 2 is 2.29 bits per heavy atom. The molecule has 0 aromatic rings. The second kappa shape index (κ2) is 3.35. The van der Waals surface area contributed by atoms with E-state index in [0.29, 0.717) is 0 Å². The van der Waals surface area contributed by atoms with Gasteiger partial charge in [0.05, 0.1) is 6.61 Å². The van der Waals surface area contributed by atoms with Gasteiger partial charge < -0.3 is 30.1 Å². The summed E-state index contributed by atoms with van der Waals surface area (Å²) >= 11 is 0. The van der Waals surface area contributed by atoms with Gasteiger partial charge in [-0.15, -0.1) is 0 Å². The molecule has 0 spiro atoms. The van der Waals surface area contributed by atoms with Gasteiger partial charge in [0, 0.05) is 0 Å². The third-order valence-electron chi connectivity index (χ3n) is 2.38. The molecular formula is C7H11NO6. The van der Waals surface area contributed by atoms with E-state index in [4.69, 9.17) is 14.6 Å². The van der Waals surface area contributed by atoms with Gasteiger partial charge in [0.2, 0.25) is 0 Å². The number of carbonyl (C=O) groups excluding carboxylic acids is 1. The van der Waals surface area contributed by atoms with Crippen molar-refractivity contribution < 1.29 is 29.6 Å². The molecule has 1 amide bonds. The lowest BCUT2D eigenvalue weighted by atomic mass is 10.1. The van der Waals surface area contributed by atoms with Gasteiger partial charge in [-0.1, -0.05) is 0 Å². The van der Waals surface area contributed by atoms with Crippen molar-refractivity contribution in [1.82, 2.24) is 5.32 Å². The standard InChI is InChI=1S/C7H11NO6/c9-1-2(10)4-5-3(6(11)13-4)8-7(12)14-5/h2-6,9-11H,1H2,(H,8,12). The number of carbonyl (C=O) groups is 1. The monoisotopic (exact) mass is 205 g/mol. The first kappa shape index (κ1) is 9.66. The summed E-state index contributed by atoms with van der Waals surface area (Å²) in [7, 11) is 0. The molecule has 5 atom stereocenters. The number of nitrogens with one attached hydrogen (secondary N) is 1. The Kier molecular flexibility index (Phi) is 2.31. The van der Waals surface area contributed by atoms with E-state index >= 15 is 0 Å². The molecule has 0 saturated carbocycles. The van der Waals surface area contributed by atoms with Crippen LogP contribution in [-0.4, -0.2) is 58.7 Å². The van der Waals surface area contributed by atoms with Crippen molar-refractivity contribution in [2.45, 2.75) is 30.6 Å². The molecule has 2 saturated heterocycles. The number of hydrogen-bond acceptors (Lipinski definition) is 6. The fourth-order valence-electron chi connectivity index (χ4n) is 1.69. The van der Waals surface area contributed by atoms with Gasteiger partial charge in [-0.2, -0.15) is 0 Å². The zero-order chi connectivity index (χ0) is 10.3. The molecule has 0 radical (unpaired) electrons. The van der Waals surface area contributed by atoms with Crippen LogP contribution in [0.2, 0.25) is 0 Å². The molecule has 0 aliphatic carbocycles. The lowest BCUT2D eigenvalue weighted by Gasteiger charge is -2.19. The van der Waals surface area contributed by atoms with Crippen molar-refractivity contribution in [2.75, 3.05) is 6.61 Å². The van der Waals surface area contributed by atoms with Crippen LogP contribution in [0.5, 0.6) is 0 Å². The van der Waals surface area contributed by atoms with E-state index in [9.17, 15) is 15.0 Å². The molecule has 4 N–H and O–H groups in total. The highest BCUT2D eigenvalue weighted by molar-refractivity contribution is 5.70. The minimum Gasteiger partial charge on any atom is -0.441 e. The predicted octanol–water partition coefficient (Wildman–Crippen LogP) is -2.47. The normalized spacial score (nSPS) is 42.9. The lowest BCUT2D eigenvalue weighted by Crippen LogP contribution is -2.41. The van der Waals surface area contributed by atoms with Crippen LogP contribution in [0.1, 0.15) is 0 Å². The van der Waals surface area contributed by atoms with Crippen LogP contribution in [0, 0.1) is 0 Å². The zero-order valence-electron chi connectivity index (χ0n) is 7.16. The van der Waals surface area contributed by atoms with E-state index < -0.39 is 43.3 Å². The summed E-state index contributed by atoms with van der Waals surface area (Å²) in [6.45, 7) is -0.516. The van der Waals surface area contributed by atoms with Crippen LogP contribution < -0.4 is 5.32 Å². The van der Waals surface area contributed by atoms with E-state index in [1.54, 1.807) is 0 Å². The largest absolute Gasteiger partial charge is 0.441 e. The number of hydrogen-bond donors (Lipinski definition) is 4. The van der Waals surface area contributed by atoms with Crippen LogP contribution >= 0.6 is 0 Å². The average molecular weight is 205 g/mol. The Bertz CT molecular complexity index is 246. The molecule has 0 bridgehead atoms. The Morgan fingerprint density at radius 1 is 1.57 bits per heavy atom. The molecule has 80 valence electrons. The first-order valence-electron chi connectivity index (χ1n) is 4.23. The topological polar surface area (TPSA) is 108 Å². The van der Waals surface area contributed by atoms with E-state index in [1.807, 2.05) is 0 Å². The number of ether oxygens (including phenoxy) is 2. The molecule has 7 nitrogen and oxygen atoms in total. The second-order valence-electron chi connectivity index (χ2n) is 3.28. The minimum absolute atomic E-state index is 0.516. The molecule has 7 heteroatoms. The zero-order valence-corrected chi connectivity index (χ0v) is 7.16. The van der Waals surface area contributed by atoms with Crippen molar-refractivity contribution in [1.29, 1.82) is 0 Å². The fraction of sp³-hybridized carbons (Fsp3) is 0.857. The molecular weight excluding hydrogens is 194 g/mol. The number of aliphatic hydroxyl groups excluding tert-OH is 3. The first-order valence-corrected chi connectivity index (χ1v) is 4.23. The molecule has 0 aromatic heterocycles. The molecule has 2 fully saturated rings. The highest BCUT2D eigenvalue weighted by Gasteiger charge is 2.53. The van der Waals surface area contributed by atoms with Crippen molar-refractivity contribution in [3.8, 4) is 0 Å². The molecule has 2 aliphatic rings. The van der Waals surface area contributed by atoms with Crippen LogP contribution in [0.25, 0.3) is 0 Å². The smallest absolute Gasteiger partial charge is 0.408 e. The van der Waals surface area contributed by atoms with Gasteiger partial charge in [-0.25, -0.2) is 4.79 Å². The van der Waals surface area contributed by atoms with Crippen molar-refractivity contribution in [3.05, 3.63) is 0 Å². The third-order valence-corrected chi connectivity index (χ3v) is 2.38. The van der Waals surface area contributed by atoms with Crippen LogP contribution in [0.3, 0.4) is 0 Å². The summed E-state index contributed by atoms with van der Waals surface area (Å²) in [4.78, 5) is 10.8. The van der Waals surface area contributed by atoms with Gasteiger partial charge in [-0.05, 0) is 0 Å². The van der Waals surface area contributed by atoms with Gasteiger partial charge >= 0.3 is 6.09 Å². The van der Waals surface area contributed by atoms with Crippen LogP contribution in [0.4, 0.5) is 4.79 Å². The summed E-state index contributed by atoms with van der Waals surface area (Å²) in [6.07, 6.45) is -4.68. The van der Waals surface area contributed by atoms with Crippen molar-refractivity contribution in [2.24, 2.45) is 0 Å². The predicted molar refractivity (Wildman–Crippen MR) is 41.2 cm³/mol. The van der Waals surface area contributed by atoms with E-state index in [0.717, 1.165) is 0 Å². The second-order valence-corrected chi connectivity index (χ2v) is 3.28. The van der Waals surface area contributed by atoms with Gasteiger partial charge in [0.1, 0.15) is 18.2 Å². The lowest BCUT2D eigenvalue weighted by molar-refractivity contribution is -0.142. The average Bonchev–Trinajstić information content (AvgIpc) is 2.65. The van der Waals surface area contributed by atoms with E-state index in [1.165, 1.54) is 0 Å². The quantitative estimate of drug-likeness (QED) is 0.398. The van der Waals surface area contributed by atoms with Crippen molar-refractivity contribution in [3.63, 3.8) is 0 Å². The Balaban J connectivity index is 2.11. The number of aliphatic hydroxyl groups is 3. The minimum atomic E-state index is -1.21. The SMILES string of the molecule is O=C1NC2C(O)OC(C(O)CO)C2O1. The number of fused-ring (bicyclic) bond motifs is 1. The number of amides is 1. The number of alkyl carbamates (subject to hydrolysis) is 1. The Hall–Kier alpha value is -0.890. The summed E-state index contributed by atoms with van der Waals surface area (Å²) in [5.74, 6) is 0. The summed E-state index contributed by atoms with van der Waals surface area (Å²) < 4.78 is 9.72. The maximum Gasteiger partial charge on any atom is 0.408 e.